The second-order valence-electron chi connectivity index (χ2n) is 8.24. The second-order valence-corrected chi connectivity index (χ2v) is 10.5. The van der Waals surface area contributed by atoms with Gasteiger partial charge in [-0.3, -0.25) is 4.90 Å². The molecule has 2 aromatic carbocycles. The normalized spacial score (nSPS) is 14.9. The Hall–Kier alpha value is -2.91. The van der Waals surface area contributed by atoms with Crippen LogP contribution in [0.5, 0.6) is 11.5 Å². The molecule has 0 unspecified atom stereocenters. The Morgan fingerprint density at radius 3 is 2.62 bits per heavy atom. The van der Waals surface area contributed by atoms with E-state index >= 15 is 0 Å². The molecule has 0 saturated carbocycles. The van der Waals surface area contributed by atoms with Crippen LogP contribution in [0.25, 0.3) is 11.5 Å². The highest BCUT2D eigenvalue weighted by Gasteiger charge is 2.27. The zero-order valence-electron chi connectivity index (χ0n) is 20.2. The number of sulfonamides is 1. The van der Waals surface area contributed by atoms with Crippen molar-refractivity contribution in [1.29, 1.82) is 0 Å². The van der Waals surface area contributed by atoms with Gasteiger partial charge in [-0.15, -0.1) is 5.10 Å². The van der Waals surface area contributed by atoms with Crippen molar-refractivity contribution in [3.63, 3.8) is 0 Å². The number of aromatic nitrogens is 2. The molecule has 200 valence electrons. The Balaban J connectivity index is 1.48. The van der Waals surface area contributed by atoms with Gasteiger partial charge in [0.25, 0.3) is 4.84 Å². The Bertz CT molecular complexity index is 1390. The number of methoxy groups -OCH3 is 1. The van der Waals surface area contributed by atoms with Gasteiger partial charge in [0.15, 0.2) is 11.5 Å². The largest absolute Gasteiger partial charge is 0.493 e. The number of nitrogens with zero attached hydrogens (tertiary/aromatic N) is 4. The molecule has 0 bridgehead atoms. The Labute approximate surface area is 218 Å². The van der Waals surface area contributed by atoms with E-state index in [1.54, 1.807) is 24.3 Å². The number of hydrogen-bond acceptors (Lipinski definition) is 9. The molecule has 0 radical (unpaired) electrons. The fourth-order valence-corrected chi connectivity index (χ4v) is 5.46. The van der Waals surface area contributed by atoms with Crippen LogP contribution in [-0.2, 0) is 28.0 Å². The van der Waals surface area contributed by atoms with Gasteiger partial charge < -0.3 is 18.6 Å². The summed E-state index contributed by atoms with van der Waals surface area (Å²) in [5, 5.41) is 4.43. The third kappa shape index (κ3) is 6.51. The van der Waals surface area contributed by atoms with E-state index in [0.717, 1.165) is 5.56 Å². The lowest BCUT2D eigenvalue weighted by Crippen LogP contribution is -2.40. The number of rotatable bonds is 10. The van der Waals surface area contributed by atoms with Crippen LogP contribution in [0.1, 0.15) is 5.56 Å². The van der Waals surface area contributed by atoms with Crippen molar-refractivity contribution < 1.29 is 35.8 Å². The molecular formula is C23H26F2N4O6S2. The Morgan fingerprint density at radius 2 is 1.92 bits per heavy atom. The van der Waals surface area contributed by atoms with Crippen LogP contribution >= 0.6 is 12.2 Å². The summed E-state index contributed by atoms with van der Waals surface area (Å²) in [5.41, 5.74) is 1.26. The van der Waals surface area contributed by atoms with Crippen LogP contribution in [0.15, 0.2) is 51.8 Å². The molecule has 10 nitrogen and oxygen atoms in total. The minimum Gasteiger partial charge on any atom is -0.493 e. The molecule has 1 fully saturated rings. The molecule has 0 atom stereocenters. The van der Waals surface area contributed by atoms with E-state index < -0.39 is 16.6 Å². The van der Waals surface area contributed by atoms with E-state index in [2.05, 4.69) is 9.84 Å². The van der Waals surface area contributed by atoms with Crippen molar-refractivity contribution in [2.45, 2.75) is 24.7 Å². The fourth-order valence-electron chi connectivity index (χ4n) is 3.83. The van der Waals surface area contributed by atoms with Gasteiger partial charge in [-0.2, -0.15) is 13.1 Å². The first-order chi connectivity index (χ1) is 17.7. The summed E-state index contributed by atoms with van der Waals surface area (Å²) in [7, 11) is -0.488. The van der Waals surface area contributed by atoms with Gasteiger partial charge in [-0.1, -0.05) is 12.1 Å². The zero-order valence-corrected chi connectivity index (χ0v) is 21.8. The molecule has 1 saturated heterocycles. The van der Waals surface area contributed by atoms with Crippen molar-refractivity contribution in [2.24, 2.45) is 0 Å². The monoisotopic (exact) mass is 556 g/mol. The first-order valence-corrected chi connectivity index (χ1v) is 13.1. The third-order valence-corrected chi connectivity index (χ3v) is 7.76. The molecule has 0 aliphatic carbocycles. The number of alkyl halides is 2. The summed E-state index contributed by atoms with van der Waals surface area (Å²) in [6.45, 7) is -0.985. The molecule has 0 spiro atoms. The molecule has 0 amide bonds. The van der Waals surface area contributed by atoms with E-state index in [1.807, 2.05) is 11.9 Å². The SMILES string of the molecule is COc1cc(CN(C)Cn2nc(-c3cccc(S(=O)(=O)N4CCOCC4)c3)oc2=S)ccc1OC(F)F. The molecule has 1 aliphatic heterocycles. The first kappa shape index (κ1) is 27.1. The molecule has 1 aromatic heterocycles. The summed E-state index contributed by atoms with van der Waals surface area (Å²) in [5.74, 6) is 0.330. The second kappa shape index (κ2) is 11.6. The Kier molecular flexibility index (Phi) is 8.54. The highest BCUT2D eigenvalue weighted by Crippen LogP contribution is 2.30. The highest BCUT2D eigenvalue weighted by molar-refractivity contribution is 7.89. The molecule has 3 aromatic rings. The van der Waals surface area contributed by atoms with Crippen LogP contribution in [0, 0.1) is 4.84 Å². The molecular weight excluding hydrogens is 530 g/mol. The van der Waals surface area contributed by atoms with Crippen LogP contribution in [0.4, 0.5) is 8.78 Å². The zero-order chi connectivity index (χ0) is 26.6. The molecule has 37 heavy (non-hydrogen) atoms. The predicted octanol–water partition coefficient (Wildman–Crippen LogP) is 3.59. The van der Waals surface area contributed by atoms with Gasteiger partial charge in [0.05, 0.1) is 31.9 Å². The predicted molar refractivity (Wildman–Crippen MR) is 131 cm³/mol. The van der Waals surface area contributed by atoms with Gasteiger partial charge in [-0.05, 0) is 55.2 Å². The van der Waals surface area contributed by atoms with Crippen molar-refractivity contribution in [3.8, 4) is 23.0 Å². The van der Waals surface area contributed by atoms with Gasteiger partial charge >= 0.3 is 6.61 Å². The van der Waals surface area contributed by atoms with Crippen molar-refractivity contribution in [1.82, 2.24) is 19.0 Å². The van der Waals surface area contributed by atoms with Crippen LogP contribution < -0.4 is 9.47 Å². The molecule has 2 heterocycles. The number of hydrogen-bond donors (Lipinski definition) is 0. The van der Waals surface area contributed by atoms with E-state index in [0.29, 0.717) is 38.4 Å². The highest BCUT2D eigenvalue weighted by atomic mass is 32.2. The standard InChI is InChI=1S/C23H26F2N4O6S2/c1-27(14-16-6-7-19(34-22(24)25)20(12-16)32-2)15-29-23(36)35-21(26-29)17-4-3-5-18(13-17)37(30,31)28-8-10-33-11-9-28/h3-7,12-13,22H,8-11,14-15H2,1-2H3. The fraction of sp³-hybridized carbons (Fsp3) is 0.391. The van der Waals surface area contributed by atoms with Gasteiger partial charge in [0.2, 0.25) is 15.9 Å². The van der Waals surface area contributed by atoms with E-state index in [4.69, 9.17) is 26.1 Å². The van der Waals surface area contributed by atoms with Crippen molar-refractivity contribution in [3.05, 3.63) is 52.9 Å². The summed E-state index contributed by atoms with van der Waals surface area (Å²) in [6.07, 6.45) is 0. The molecule has 14 heteroatoms. The molecule has 0 N–H and O–H groups in total. The lowest BCUT2D eigenvalue weighted by atomic mass is 10.2. The van der Waals surface area contributed by atoms with Gasteiger partial charge in [0.1, 0.15) is 0 Å². The van der Waals surface area contributed by atoms with Crippen LogP contribution in [0.2, 0.25) is 0 Å². The van der Waals surface area contributed by atoms with E-state index in [-0.39, 0.29) is 33.8 Å². The van der Waals surface area contributed by atoms with Crippen molar-refractivity contribution in [2.75, 3.05) is 40.5 Å². The van der Waals surface area contributed by atoms with Gasteiger partial charge in [-0.25, -0.2) is 13.1 Å². The Morgan fingerprint density at radius 1 is 1.16 bits per heavy atom. The average molecular weight is 557 g/mol. The quantitative estimate of drug-likeness (QED) is 0.347. The maximum atomic E-state index is 13.0. The van der Waals surface area contributed by atoms with Crippen LogP contribution in [-0.4, -0.2) is 74.5 Å². The number of ether oxygens (including phenoxy) is 3. The lowest BCUT2D eigenvalue weighted by molar-refractivity contribution is -0.0512. The minimum atomic E-state index is -3.68. The molecule has 4 rings (SSSR count). The van der Waals surface area contributed by atoms with Gasteiger partial charge in [0, 0.05) is 25.2 Å². The lowest BCUT2D eigenvalue weighted by Gasteiger charge is -2.26. The van der Waals surface area contributed by atoms with Crippen LogP contribution in [0.3, 0.4) is 0 Å². The maximum Gasteiger partial charge on any atom is 0.387 e. The van der Waals surface area contributed by atoms with E-state index in [1.165, 1.54) is 34.3 Å². The summed E-state index contributed by atoms with van der Waals surface area (Å²) < 4.78 is 74.5. The summed E-state index contributed by atoms with van der Waals surface area (Å²) in [4.78, 5) is 2.12. The topological polar surface area (TPSA) is 99.3 Å². The third-order valence-electron chi connectivity index (χ3n) is 5.57. The van der Waals surface area contributed by atoms with Crippen molar-refractivity contribution >= 4 is 22.2 Å². The number of morpholine rings is 1. The summed E-state index contributed by atoms with van der Waals surface area (Å²) >= 11 is 5.32. The summed E-state index contributed by atoms with van der Waals surface area (Å²) in [6, 6.07) is 11.1. The first-order valence-electron chi connectivity index (χ1n) is 11.2. The maximum absolute atomic E-state index is 13.0. The number of benzene rings is 2. The smallest absolute Gasteiger partial charge is 0.387 e. The average Bonchev–Trinajstić information content (AvgIpc) is 3.25. The minimum absolute atomic E-state index is 0.0508. The van der Waals surface area contributed by atoms with E-state index in [9.17, 15) is 17.2 Å². The number of halogens is 2. The molecule has 1 aliphatic rings.